The second kappa shape index (κ2) is 4.52. The monoisotopic (exact) mass is 212 g/mol. The Kier molecular flexibility index (Phi) is 3.77. The Balaban J connectivity index is 2.48. The molecule has 0 saturated carbocycles. The molecule has 1 heterocycles. The van der Waals surface area contributed by atoms with Crippen molar-refractivity contribution in [1.82, 2.24) is 10.2 Å². The zero-order chi connectivity index (χ0) is 11.6. The molecule has 3 heteroatoms. The third kappa shape index (κ3) is 3.20. The SMILES string of the molecule is C[C@H](NC(=O)[C@@H]1CCCN1C)C(C)(C)C. The number of carbonyl (C=O) groups excluding carboxylic acids is 1. The first-order valence-corrected chi connectivity index (χ1v) is 5.83. The van der Waals surface area contributed by atoms with Gasteiger partial charge in [0.15, 0.2) is 0 Å². The van der Waals surface area contributed by atoms with Gasteiger partial charge in [-0.2, -0.15) is 0 Å². The minimum Gasteiger partial charge on any atom is -0.352 e. The van der Waals surface area contributed by atoms with Crippen LogP contribution in [-0.4, -0.2) is 36.5 Å². The van der Waals surface area contributed by atoms with Gasteiger partial charge in [-0.1, -0.05) is 20.8 Å². The molecular weight excluding hydrogens is 188 g/mol. The highest BCUT2D eigenvalue weighted by atomic mass is 16.2. The lowest BCUT2D eigenvalue weighted by Gasteiger charge is -2.30. The zero-order valence-corrected chi connectivity index (χ0v) is 10.6. The van der Waals surface area contributed by atoms with Gasteiger partial charge in [0.2, 0.25) is 5.91 Å². The molecule has 1 saturated heterocycles. The summed E-state index contributed by atoms with van der Waals surface area (Å²) in [6.45, 7) is 9.57. The number of likely N-dealkylation sites (N-methyl/N-ethyl adjacent to an activating group) is 1. The number of amides is 1. The molecule has 2 atom stereocenters. The summed E-state index contributed by atoms with van der Waals surface area (Å²) in [6.07, 6.45) is 2.14. The Bertz CT molecular complexity index is 232. The summed E-state index contributed by atoms with van der Waals surface area (Å²) in [5.41, 5.74) is 0.132. The predicted molar refractivity (Wildman–Crippen MR) is 62.7 cm³/mol. The lowest BCUT2D eigenvalue weighted by molar-refractivity contribution is -0.126. The molecule has 0 radical (unpaired) electrons. The maximum absolute atomic E-state index is 12.0. The highest BCUT2D eigenvalue weighted by molar-refractivity contribution is 5.82. The highest BCUT2D eigenvalue weighted by Gasteiger charge is 2.30. The van der Waals surface area contributed by atoms with Gasteiger partial charge in [0.1, 0.15) is 0 Å². The molecule has 15 heavy (non-hydrogen) atoms. The smallest absolute Gasteiger partial charge is 0.237 e. The molecule has 0 unspecified atom stereocenters. The van der Waals surface area contributed by atoms with E-state index in [2.05, 4.69) is 37.9 Å². The van der Waals surface area contributed by atoms with Crippen LogP contribution in [0.1, 0.15) is 40.5 Å². The van der Waals surface area contributed by atoms with Gasteiger partial charge < -0.3 is 5.32 Å². The van der Waals surface area contributed by atoms with E-state index in [-0.39, 0.29) is 23.4 Å². The van der Waals surface area contributed by atoms with E-state index in [1.54, 1.807) is 0 Å². The van der Waals surface area contributed by atoms with Gasteiger partial charge in [0.25, 0.3) is 0 Å². The quantitative estimate of drug-likeness (QED) is 0.754. The maximum Gasteiger partial charge on any atom is 0.237 e. The number of nitrogens with zero attached hydrogens (tertiary/aromatic N) is 1. The van der Waals surface area contributed by atoms with Crippen LogP contribution < -0.4 is 5.32 Å². The fourth-order valence-corrected chi connectivity index (χ4v) is 1.77. The van der Waals surface area contributed by atoms with E-state index in [9.17, 15) is 4.79 Å². The van der Waals surface area contributed by atoms with Crippen molar-refractivity contribution in [2.45, 2.75) is 52.6 Å². The lowest BCUT2D eigenvalue weighted by Crippen LogP contribution is -2.48. The molecule has 0 aliphatic carbocycles. The maximum atomic E-state index is 12.0. The van der Waals surface area contributed by atoms with Gasteiger partial charge in [0, 0.05) is 6.04 Å². The summed E-state index contributed by atoms with van der Waals surface area (Å²) >= 11 is 0. The Morgan fingerprint density at radius 1 is 1.47 bits per heavy atom. The average molecular weight is 212 g/mol. The number of nitrogens with one attached hydrogen (secondary N) is 1. The summed E-state index contributed by atoms with van der Waals surface area (Å²) < 4.78 is 0. The van der Waals surface area contributed by atoms with Gasteiger partial charge in [-0.25, -0.2) is 0 Å². The Hall–Kier alpha value is -0.570. The van der Waals surface area contributed by atoms with Crippen LogP contribution in [0.3, 0.4) is 0 Å². The summed E-state index contributed by atoms with van der Waals surface area (Å²) in [7, 11) is 2.03. The van der Waals surface area contributed by atoms with Crippen LogP contribution in [0.2, 0.25) is 0 Å². The van der Waals surface area contributed by atoms with E-state index in [1.165, 1.54) is 0 Å². The average Bonchev–Trinajstić information content (AvgIpc) is 2.49. The van der Waals surface area contributed by atoms with Crippen LogP contribution in [0.25, 0.3) is 0 Å². The van der Waals surface area contributed by atoms with Crippen molar-refractivity contribution in [2.75, 3.05) is 13.6 Å². The first-order chi connectivity index (χ1) is 6.82. The normalized spacial score (nSPS) is 25.3. The van der Waals surface area contributed by atoms with E-state index in [0.717, 1.165) is 19.4 Å². The third-order valence-electron chi connectivity index (χ3n) is 3.48. The predicted octanol–water partition coefficient (Wildman–Crippen LogP) is 1.63. The molecule has 1 N–H and O–H groups in total. The van der Waals surface area contributed by atoms with E-state index in [4.69, 9.17) is 0 Å². The van der Waals surface area contributed by atoms with Crippen molar-refractivity contribution in [3.63, 3.8) is 0 Å². The zero-order valence-electron chi connectivity index (χ0n) is 10.6. The van der Waals surface area contributed by atoms with Gasteiger partial charge in [-0.3, -0.25) is 9.69 Å². The molecule has 3 nitrogen and oxygen atoms in total. The van der Waals surface area contributed by atoms with E-state index in [1.807, 2.05) is 7.05 Å². The molecule has 0 aromatic carbocycles. The Labute approximate surface area is 93.2 Å². The third-order valence-corrected chi connectivity index (χ3v) is 3.48. The van der Waals surface area contributed by atoms with Crippen LogP contribution >= 0.6 is 0 Å². The molecule has 1 rings (SSSR count). The second-order valence-electron chi connectivity index (χ2n) is 5.73. The molecule has 0 bridgehead atoms. The van der Waals surface area contributed by atoms with Crippen molar-refractivity contribution in [1.29, 1.82) is 0 Å². The standard InChI is InChI=1S/C12H24N2O/c1-9(12(2,3)4)13-11(15)10-7-6-8-14(10)5/h9-10H,6-8H2,1-5H3,(H,13,15)/t9-,10-/m0/s1. The van der Waals surface area contributed by atoms with Crippen molar-refractivity contribution in [2.24, 2.45) is 5.41 Å². The number of hydrogen-bond acceptors (Lipinski definition) is 2. The first kappa shape index (κ1) is 12.5. The molecule has 88 valence electrons. The van der Waals surface area contributed by atoms with Crippen molar-refractivity contribution < 1.29 is 4.79 Å². The van der Waals surface area contributed by atoms with Crippen LogP contribution in [0.15, 0.2) is 0 Å². The van der Waals surface area contributed by atoms with E-state index < -0.39 is 0 Å². The Morgan fingerprint density at radius 3 is 2.47 bits per heavy atom. The van der Waals surface area contributed by atoms with Crippen LogP contribution in [0, 0.1) is 5.41 Å². The fourth-order valence-electron chi connectivity index (χ4n) is 1.77. The van der Waals surface area contributed by atoms with Crippen molar-refractivity contribution in [3.05, 3.63) is 0 Å². The van der Waals surface area contributed by atoms with Crippen LogP contribution in [-0.2, 0) is 4.79 Å². The van der Waals surface area contributed by atoms with Gasteiger partial charge in [-0.05, 0) is 38.8 Å². The van der Waals surface area contributed by atoms with E-state index in [0.29, 0.717) is 0 Å². The minimum absolute atomic E-state index is 0.0924. The molecular formula is C12H24N2O. The molecule has 0 aromatic heterocycles. The van der Waals surface area contributed by atoms with E-state index >= 15 is 0 Å². The topological polar surface area (TPSA) is 32.3 Å². The minimum atomic E-state index is 0.0924. The highest BCUT2D eigenvalue weighted by Crippen LogP contribution is 2.20. The first-order valence-electron chi connectivity index (χ1n) is 5.83. The molecule has 0 spiro atoms. The van der Waals surface area contributed by atoms with Crippen LogP contribution in [0.5, 0.6) is 0 Å². The number of carbonyl (C=O) groups is 1. The second-order valence-corrected chi connectivity index (χ2v) is 5.73. The fraction of sp³-hybridized carbons (Fsp3) is 0.917. The summed E-state index contributed by atoms with van der Waals surface area (Å²) in [5, 5.41) is 3.11. The summed E-state index contributed by atoms with van der Waals surface area (Å²) in [5.74, 6) is 0.192. The van der Waals surface area contributed by atoms with Crippen molar-refractivity contribution >= 4 is 5.91 Å². The number of rotatable bonds is 2. The number of likely N-dealkylation sites (tertiary alicyclic amines) is 1. The largest absolute Gasteiger partial charge is 0.352 e. The molecule has 1 aliphatic rings. The lowest BCUT2D eigenvalue weighted by atomic mass is 9.88. The van der Waals surface area contributed by atoms with Crippen LogP contribution in [0.4, 0.5) is 0 Å². The Morgan fingerprint density at radius 2 is 2.07 bits per heavy atom. The molecule has 0 aromatic rings. The molecule has 1 amide bonds. The van der Waals surface area contributed by atoms with Gasteiger partial charge >= 0.3 is 0 Å². The molecule has 1 fully saturated rings. The summed E-state index contributed by atoms with van der Waals surface area (Å²) in [4.78, 5) is 14.1. The molecule has 1 aliphatic heterocycles. The van der Waals surface area contributed by atoms with Gasteiger partial charge in [-0.15, -0.1) is 0 Å². The van der Waals surface area contributed by atoms with Gasteiger partial charge in [0.05, 0.1) is 6.04 Å². The van der Waals surface area contributed by atoms with Crippen molar-refractivity contribution in [3.8, 4) is 0 Å². The number of hydrogen-bond donors (Lipinski definition) is 1. The summed E-state index contributed by atoms with van der Waals surface area (Å²) in [6, 6.07) is 0.314.